The van der Waals surface area contributed by atoms with Crippen LogP contribution in [0.1, 0.15) is 316 Å². The van der Waals surface area contributed by atoms with Crippen molar-refractivity contribution in [2.45, 2.75) is 328 Å². The van der Waals surface area contributed by atoms with E-state index < -0.39 is 12.1 Å². The molecule has 1 amide bonds. The van der Waals surface area contributed by atoms with Gasteiger partial charge in [-0.1, -0.05) is 264 Å². The number of allylic oxidation sites excluding steroid dienone is 2. The Kier molecular flexibility index (Phi) is 52.0. The molecule has 0 rings (SSSR count). The molecule has 6 heteroatoms. The highest BCUT2D eigenvalue weighted by atomic mass is 16.5. The van der Waals surface area contributed by atoms with Gasteiger partial charge < -0.3 is 20.3 Å². The Bertz CT molecular complexity index is 939. The van der Waals surface area contributed by atoms with Crippen molar-refractivity contribution in [1.29, 1.82) is 0 Å². The number of nitrogens with one attached hydrogen (secondary N) is 1. The summed E-state index contributed by atoms with van der Waals surface area (Å²) in [7, 11) is 0. The minimum atomic E-state index is -0.670. The van der Waals surface area contributed by atoms with E-state index in [0.29, 0.717) is 25.9 Å². The lowest BCUT2D eigenvalue weighted by atomic mass is 10.0. The standard InChI is InChI=1S/C57H111NO5/c1-3-5-7-9-11-13-15-16-17-20-24-27-31-35-39-43-47-51-57(62)63-52-48-44-40-36-32-28-25-22-19-18-21-23-26-30-34-38-42-46-50-56(61)58-54(53-59)55(60)49-45-41-37-33-29-14-12-10-8-6-4-2/h21,23,54-55,59-60H,3-20,22,24-53H2,1-2H3,(H,58,61)/b23-21-. The Labute approximate surface area is 393 Å². The lowest BCUT2D eigenvalue weighted by Crippen LogP contribution is -2.45. The van der Waals surface area contributed by atoms with Gasteiger partial charge in [-0.3, -0.25) is 9.59 Å². The molecule has 0 aliphatic heterocycles. The second kappa shape index (κ2) is 53.2. The van der Waals surface area contributed by atoms with Crippen molar-refractivity contribution in [2.75, 3.05) is 13.2 Å². The van der Waals surface area contributed by atoms with Crippen molar-refractivity contribution in [1.82, 2.24) is 5.32 Å². The monoisotopic (exact) mass is 890 g/mol. The molecule has 0 aromatic carbocycles. The highest BCUT2D eigenvalue weighted by molar-refractivity contribution is 5.76. The number of carbonyl (C=O) groups excluding carboxylic acids is 2. The third-order valence-corrected chi connectivity index (χ3v) is 13.3. The summed E-state index contributed by atoms with van der Waals surface area (Å²) in [6.45, 7) is 4.94. The van der Waals surface area contributed by atoms with Gasteiger partial charge in [-0.25, -0.2) is 0 Å². The molecular formula is C57H111NO5. The summed E-state index contributed by atoms with van der Waals surface area (Å²) in [4.78, 5) is 24.5. The van der Waals surface area contributed by atoms with Crippen LogP contribution in [0.5, 0.6) is 0 Å². The zero-order valence-electron chi connectivity index (χ0n) is 42.6. The van der Waals surface area contributed by atoms with Crippen molar-refractivity contribution in [2.24, 2.45) is 0 Å². The van der Waals surface area contributed by atoms with E-state index in [1.165, 1.54) is 231 Å². The molecule has 0 bridgehead atoms. The fraction of sp³-hybridized carbons (Fsp3) is 0.930. The molecule has 2 atom stereocenters. The number of carbonyl (C=O) groups is 2. The Morgan fingerprint density at radius 1 is 0.429 bits per heavy atom. The Hall–Kier alpha value is -1.40. The van der Waals surface area contributed by atoms with E-state index in [1.807, 2.05) is 0 Å². The maximum absolute atomic E-state index is 12.4. The minimum Gasteiger partial charge on any atom is -0.466 e. The van der Waals surface area contributed by atoms with Crippen LogP contribution in [0.2, 0.25) is 0 Å². The average Bonchev–Trinajstić information content (AvgIpc) is 3.28. The molecule has 0 aromatic heterocycles. The number of hydrogen-bond acceptors (Lipinski definition) is 5. The van der Waals surface area contributed by atoms with Crippen molar-refractivity contribution in [3.8, 4) is 0 Å². The maximum atomic E-state index is 12.4. The van der Waals surface area contributed by atoms with Crippen molar-refractivity contribution in [3.63, 3.8) is 0 Å². The maximum Gasteiger partial charge on any atom is 0.305 e. The first-order chi connectivity index (χ1) is 31.0. The van der Waals surface area contributed by atoms with Crippen molar-refractivity contribution in [3.05, 3.63) is 12.2 Å². The zero-order chi connectivity index (χ0) is 45.8. The third-order valence-electron chi connectivity index (χ3n) is 13.3. The summed E-state index contributed by atoms with van der Waals surface area (Å²) in [5.41, 5.74) is 0. The van der Waals surface area contributed by atoms with Crippen LogP contribution in [0.4, 0.5) is 0 Å². The van der Waals surface area contributed by atoms with Gasteiger partial charge >= 0.3 is 5.97 Å². The number of hydrogen-bond donors (Lipinski definition) is 3. The first kappa shape index (κ1) is 61.6. The molecule has 0 saturated heterocycles. The van der Waals surface area contributed by atoms with Crippen LogP contribution in [0.15, 0.2) is 12.2 Å². The lowest BCUT2D eigenvalue weighted by molar-refractivity contribution is -0.143. The number of aliphatic hydroxyl groups excluding tert-OH is 2. The van der Waals surface area contributed by atoms with Crippen LogP contribution < -0.4 is 5.32 Å². The van der Waals surface area contributed by atoms with Gasteiger partial charge in [0.1, 0.15) is 0 Å². The molecule has 0 fully saturated rings. The molecule has 63 heavy (non-hydrogen) atoms. The smallest absolute Gasteiger partial charge is 0.305 e. The third kappa shape index (κ3) is 49.9. The quantitative estimate of drug-likeness (QED) is 0.0321. The summed E-state index contributed by atoms with van der Waals surface area (Å²) < 4.78 is 5.48. The predicted molar refractivity (Wildman–Crippen MR) is 273 cm³/mol. The molecule has 0 aromatic rings. The summed E-state index contributed by atoms with van der Waals surface area (Å²) in [6, 6.07) is -0.549. The average molecular weight is 891 g/mol. The van der Waals surface area contributed by atoms with Gasteiger partial charge in [-0.05, 0) is 51.4 Å². The van der Waals surface area contributed by atoms with Crippen LogP contribution in [-0.2, 0) is 14.3 Å². The zero-order valence-corrected chi connectivity index (χ0v) is 42.6. The summed E-state index contributed by atoms with van der Waals surface area (Å²) in [5, 5.41) is 23.1. The Balaban J connectivity index is 3.40. The van der Waals surface area contributed by atoms with Crippen LogP contribution >= 0.6 is 0 Å². The van der Waals surface area contributed by atoms with Crippen LogP contribution in [0.3, 0.4) is 0 Å². The molecular weight excluding hydrogens is 779 g/mol. The van der Waals surface area contributed by atoms with Crippen LogP contribution in [0.25, 0.3) is 0 Å². The van der Waals surface area contributed by atoms with E-state index in [9.17, 15) is 19.8 Å². The fourth-order valence-electron chi connectivity index (χ4n) is 8.93. The molecule has 374 valence electrons. The fourth-order valence-corrected chi connectivity index (χ4v) is 8.93. The number of aliphatic hydroxyl groups is 2. The predicted octanol–water partition coefficient (Wildman–Crippen LogP) is 17.3. The van der Waals surface area contributed by atoms with Gasteiger partial charge in [0, 0.05) is 12.8 Å². The number of ether oxygens (including phenoxy) is 1. The Morgan fingerprint density at radius 3 is 1.13 bits per heavy atom. The second-order valence-electron chi connectivity index (χ2n) is 19.6. The van der Waals surface area contributed by atoms with E-state index >= 15 is 0 Å². The highest BCUT2D eigenvalue weighted by Gasteiger charge is 2.20. The molecule has 2 unspecified atom stereocenters. The molecule has 3 N–H and O–H groups in total. The van der Waals surface area contributed by atoms with E-state index in [1.54, 1.807) is 0 Å². The lowest BCUT2D eigenvalue weighted by Gasteiger charge is -2.22. The number of amides is 1. The van der Waals surface area contributed by atoms with E-state index in [-0.39, 0.29) is 18.5 Å². The van der Waals surface area contributed by atoms with Crippen LogP contribution in [0, 0.1) is 0 Å². The number of esters is 1. The first-order valence-corrected chi connectivity index (χ1v) is 28.4. The normalized spacial score (nSPS) is 12.6. The highest BCUT2D eigenvalue weighted by Crippen LogP contribution is 2.17. The summed E-state index contributed by atoms with van der Waals surface area (Å²) in [5.74, 6) is -0.0422. The van der Waals surface area contributed by atoms with Gasteiger partial charge in [-0.15, -0.1) is 0 Å². The summed E-state index contributed by atoms with van der Waals surface area (Å²) >= 11 is 0. The van der Waals surface area contributed by atoms with Gasteiger partial charge in [-0.2, -0.15) is 0 Å². The van der Waals surface area contributed by atoms with Gasteiger partial charge in [0.15, 0.2) is 0 Å². The molecule has 0 heterocycles. The SMILES string of the molecule is CCCCCCCCCCCCCCCCCCCC(=O)OCCCCCCCCCCC/C=C\CCCCCCCC(=O)NC(CO)C(O)CCCCCCCCCCCCC. The second-order valence-corrected chi connectivity index (χ2v) is 19.6. The number of rotatable bonds is 53. The van der Waals surface area contributed by atoms with Crippen molar-refractivity contribution >= 4 is 11.9 Å². The molecule has 0 radical (unpaired) electrons. The molecule has 0 spiro atoms. The summed E-state index contributed by atoms with van der Waals surface area (Å²) in [6.07, 6.45) is 62.0. The molecule has 0 aliphatic carbocycles. The van der Waals surface area contributed by atoms with E-state index in [2.05, 4.69) is 31.3 Å². The van der Waals surface area contributed by atoms with E-state index in [4.69, 9.17) is 4.74 Å². The molecule has 0 saturated carbocycles. The minimum absolute atomic E-state index is 0.00717. The molecule has 0 aliphatic rings. The number of unbranched alkanes of at least 4 members (excludes halogenated alkanes) is 40. The van der Waals surface area contributed by atoms with E-state index in [0.717, 1.165) is 51.4 Å². The van der Waals surface area contributed by atoms with Crippen molar-refractivity contribution < 1.29 is 24.5 Å². The topological polar surface area (TPSA) is 95.9 Å². The molecule has 6 nitrogen and oxygen atoms in total. The van der Waals surface area contributed by atoms with Gasteiger partial charge in [0.05, 0.1) is 25.4 Å². The van der Waals surface area contributed by atoms with Gasteiger partial charge in [0.2, 0.25) is 5.91 Å². The largest absolute Gasteiger partial charge is 0.466 e. The first-order valence-electron chi connectivity index (χ1n) is 28.4. The van der Waals surface area contributed by atoms with Gasteiger partial charge in [0.25, 0.3) is 0 Å². The Morgan fingerprint density at radius 2 is 0.746 bits per heavy atom. The van der Waals surface area contributed by atoms with Crippen LogP contribution in [-0.4, -0.2) is 47.4 Å².